The molecule has 4 rings (SSSR count). The van der Waals surface area contributed by atoms with Gasteiger partial charge in [-0.3, -0.25) is 4.98 Å². The topological polar surface area (TPSA) is 109 Å². The molecule has 7 nitrogen and oxygen atoms in total. The van der Waals surface area contributed by atoms with E-state index in [4.69, 9.17) is 5.73 Å². The third kappa shape index (κ3) is 3.69. The van der Waals surface area contributed by atoms with Crippen LogP contribution in [0.5, 0.6) is 0 Å². The summed E-state index contributed by atoms with van der Waals surface area (Å²) in [4.78, 5) is 8.67. The SMILES string of the molecule is Cc1cc(-c2ccccc2S(=O)(=O)N2CCC[C@@H]2CO)ccc1-c1cnc(N)cn1. The highest BCUT2D eigenvalue weighted by Gasteiger charge is 2.36. The predicted octanol–water partition coefficient (Wildman–Crippen LogP) is 2.85. The lowest BCUT2D eigenvalue weighted by atomic mass is 9.98. The Labute approximate surface area is 176 Å². The molecular formula is C22H24N4O3S. The first-order chi connectivity index (χ1) is 14.4. The normalized spacial score (nSPS) is 17.3. The third-order valence-electron chi connectivity index (χ3n) is 5.49. The van der Waals surface area contributed by atoms with Crippen molar-refractivity contribution in [3.05, 3.63) is 60.4 Å². The second kappa shape index (κ2) is 8.14. The van der Waals surface area contributed by atoms with E-state index in [-0.39, 0.29) is 17.5 Å². The molecule has 0 spiro atoms. The van der Waals surface area contributed by atoms with Crippen LogP contribution in [0, 0.1) is 6.92 Å². The molecule has 0 unspecified atom stereocenters. The molecule has 1 aromatic heterocycles. The Kier molecular flexibility index (Phi) is 5.55. The van der Waals surface area contributed by atoms with Crippen molar-refractivity contribution in [2.75, 3.05) is 18.9 Å². The van der Waals surface area contributed by atoms with Gasteiger partial charge in [0.1, 0.15) is 5.82 Å². The Morgan fingerprint density at radius 3 is 2.63 bits per heavy atom. The maximum absolute atomic E-state index is 13.4. The van der Waals surface area contributed by atoms with Crippen molar-refractivity contribution >= 4 is 15.8 Å². The number of nitrogens with two attached hydrogens (primary N) is 1. The molecule has 1 saturated heterocycles. The number of aliphatic hydroxyl groups is 1. The maximum Gasteiger partial charge on any atom is 0.244 e. The van der Waals surface area contributed by atoms with E-state index in [1.807, 2.05) is 37.3 Å². The van der Waals surface area contributed by atoms with Crippen LogP contribution in [0.1, 0.15) is 18.4 Å². The average Bonchev–Trinajstić information content (AvgIpc) is 3.24. The van der Waals surface area contributed by atoms with Gasteiger partial charge in [-0.05, 0) is 37.0 Å². The van der Waals surface area contributed by atoms with Crippen molar-refractivity contribution in [3.8, 4) is 22.4 Å². The number of aromatic nitrogens is 2. The molecule has 0 amide bonds. The van der Waals surface area contributed by atoms with Gasteiger partial charge in [0.15, 0.2) is 0 Å². The number of sulfonamides is 1. The molecule has 0 aliphatic carbocycles. The summed E-state index contributed by atoms with van der Waals surface area (Å²) < 4.78 is 28.2. The van der Waals surface area contributed by atoms with E-state index in [1.54, 1.807) is 18.3 Å². The Balaban J connectivity index is 1.76. The van der Waals surface area contributed by atoms with Crippen molar-refractivity contribution in [2.45, 2.75) is 30.7 Å². The van der Waals surface area contributed by atoms with E-state index in [9.17, 15) is 13.5 Å². The number of hydrogen-bond acceptors (Lipinski definition) is 6. The molecule has 1 aliphatic rings. The zero-order chi connectivity index (χ0) is 21.3. The number of anilines is 1. The maximum atomic E-state index is 13.4. The van der Waals surface area contributed by atoms with Crippen LogP contribution < -0.4 is 5.73 Å². The van der Waals surface area contributed by atoms with E-state index in [2.05, 4.69) is 9.97 Å². The molecule has 3 N–H and O–H groups in total. The number of nitrogens with zero attached hydrogens (tertiary/aromatic N) is 3. The summed E-state index contributed by atoms with van der Waals surface area (Å²) in [5.74, 6) is 0.357. The van der Waals surface area contributed by atoms with Gasteiger partial charge in [-0.25, -0.2) is 13.4 Å². The fourth-order valence-electron chi connectivity index (χ4n) is 3.96. The summed E-state index contributed by atoms with van der Waals surface area (Å²) in [6, 6.07) is 12.4. The van der Waals surface area contributed by atoms with Gasteiger partial charge >= 0.3 is 0 Å². The molecule has 0 saturated carbocycles. The third-order valence-corrected chi connectivity index (χ3v) is 7.50. The first-order valence-corrected chi connectivity index (χ1v) is 11.3. The van der Waals surface area contributed by atoms with Gasteiger partial charge in [-0.2, -0.15) is 4.31 Å². The van der Waals surface area contributed by atoms with Gasteiger partial charge in [-0.1, -0.05) is 36.4 Å². The van der Waals surface area contributed by atoms with Crippen LogP contribution >= 0.6 is 0 Å². The lowest BCUT2D eigenvalue weighted by Crippen LogP contribution is -2.37. The van der Waals surface area contributed by atoms with Crippen molar-refractivity contribution in [1.82, 2.24) is 14.3 Å². The monoisotopic (exact) mass is 424 g/mol. The minimum atomic E-state index is -3.72. The van der Waals surface area contributed by atoms with Gasteiger partial charge < -0.3 is 10.8 Å². The summed E-state index contributed by atoms with van der Waals surface area (Å²) >= 11 is 0. The number of aryl methyl sites for hydroxylation is 1. The zero-order valence-corrected chi connectivity index (χ0v) is 17.5. The molecular weight excluding hydrogens is 400 g/mol. The second-order valence-corrected chi connectivity index (χ2v) is 9.31. The Bertz CT molecular complexity index is 1160. The molecule has 30 heavy (non-hydrogen) atoms. The minimum Gasteiger partial charge on any atom is -0.395 e. The lowest BCUT2D eigenvalue weighted by Gasteiger charge is -2.24. The van der Waals surface area contributed by atoms with Gasteiger partial charge in [0, 0.05) is 23.7 Å². The number of hydrogen-bond donors (Lipinski definition) is 2. The molecule has 2 heterocycles. The summed E-state index contributed by atoms with van der Waals surface area (Å²) in [6.07, 6.45) is 4.56. The molecule has 1 atom stereocenters. The minimum absolute atomic E-state index is 0.169. The number of rotatable bonds is 5. The summed E-state index contributed by atoms with van der Waals surface area (Å²) in [5.41, 5.74) is 9.63. The fourth-order valence-corrected chi connectivity index (χ4v) is 5.86. The zero-order valence-electron chi connectivity index (χ0n) is 16.7. The molecule has 156 valence electrons. The van der Waals surface area contributed by atoms with Gasteiger partial charge in [0.05, 0.1) is 29.6 Å². The summed E-state index contributed by atoms with van der Waals surface area (Å²) in [7, 11) is -3.72. The van der Waals surface area contributed by atoms with Crippen molar-refractivity contribution < 1.29 is 13.5 Å². The Morgan fingerprint density at radius 1 is 1.13 bits per heavy atom. The van der Waals surface area contributed by atoms with Crippen LogP contribution in [0.25, 0.3) is 22.4 Å². The van der Waals surface area contributed by atoms with E-state index in [0.29, 0.717) is 30.0 Å². The largest absolute Gasteiger partial charge is 0.395 e. The number of aliphatic hydroxyl groups excluding tert-OH is 1. The van der Waals surface area contributed by atoms with Gasteiger partial charge in [-0.15, -0.1) is 0 Å². The first-order valence-electron chi connectivity index (χ1n) is 9.82. The highest BCUT2D eigenvalue weighted by molar-refractivity contribution is 7.89. The van der Waals surface area contributed by atoms with E-state index in [0.717, 1.165) is 23.1 Å². The van der Waals surface area contributed by atoms with Crippen LogP contribution in [0.4, 0.5) is 5.82 Å². The smallest absolute Gasteiger partial charge is 0.244 e. The molecule has 8 heteroatoms. The van der Waals surface area contributed by atoms with Crippen LogP contribution in [0.3, 0.4) is 0 Å². The lowest BCUT2D eigenvalue weighted by molar-refractivity contribution is 0.213. The van der Waals surface area contributed by atoms with Crippen LogP contribution in [-0.2, 0) is 10.0 Å². The molecule has 1 aliphatic heterocycles. The summed E-state index contributed by atoms with van der Waals surface area (Å²) in [5, 5.41) is 9.60. The molecule has 0 bridgehead atoms. The van der Waals surface area contributed by atoms with Crippen LogP contribution in [0.15, 0.2) is 59.8 Å². The molecule has 0 radical (unpaired) electrons. The fraction of sp³-hybridized carbons (Fsp3) is 0.273. The Hall–Kier alpha value is -2.81. The van der Waals surface area contributed by atoms with E-state index < -0.39 is 10.0 Å². The highest BCUT2D eigenvalue weighted by atomic mass is 32.2. The van der Waals surface area contributed by atoms with E-state index in [1.165, 1.54) is 10.5 Å². The van der Waals surface area contributed by atoms with Gasteiger partial charge in [0.2, 0.25) is 10.0 Å². The van der Waals surface area contributed by atoms with E-state index >= 15 is 0 Å². The summed E-state index contributed by atoms with van der Waals surface area (Å²) in [6.45, 7) is 2.21. The Morgan fingerprint density at radius 2 is 1.93 bits per heavy atom. The quantitative estimate of drug-likeness (QED) is 0.652. The average molecular weight is 425 g/mol. The molecule has 2 aromatic carbocycles. The first kappa shape index (κ1) is 20.5. The van der Waals surface area contributed by atoms with Gasteiger partial charge in [0.25, 0.3) is 0 Å². The molecule has 1 fully saturated rings. The second-order valence-electron chi connectivity index (χ2n) is 7.45. The van der Waals surface area contributed by atoms with Crippen molar-refractivity contribution in [3.63, 3.8) is 0 Å². The van der Waals surface area contributed by atoms with Crippen molar-refractivity contribution in [1.29, 1.82) is 0 Å². The van der Waals surface area contributed by atoms with Crippen molar-refractivity contribution in [2.24, 2.45) is 0 Å². The van der Waals surface area contributed by atoms with Crippen LogP contribution in [-0.4, -0.2) is 47.0 Å². The highest BCUT2D eigenvalue weighted by Crippen LogP contribution is 2.34. The molecule has 3 aromatic rings. The number of benzene rings is 2. The van der Waals surface area contributed by atoms with Crippen LogP contribution in [0.2, 0.25) is 0 Å². The standard InChI is InChI=1S/C22H24N4O3S/c1-15-11-16(8-9-18(15)20-12-25-22(23)13-24-20)19-6-2-3-7-21(19)30(28,29)26-10-4-5-17(26)14-27/h2-3,6-9,11-13,17,27H,4-5,10,14H2,1H3,(H2,23,25)/t17-/m1/s1. The predicted molar refractivity (Wildman–Crippen MR) is 116 cm³/mol. The number of nitrogen functional groups attached to an aromatic ring is 1.